The van der Waals surface area contributed by atoms with Crippen molar-refractivity contribution in [1.29, 1.82) is 0 Å². The lowest BCUT2D eigenvalue weighted by molar-refractivity contribution is 0.0331. The molecule has 1 aromatic carbocycles. The molecule has 4 rings (SSSR count). The van der Waals surface area contributed by atoms with Gasteiger partial charge in [0.1, 0.15) is 22.2 Å². The lowest BCUT2D eigenvalue weighted by Crippen LogP contribution is -2.36. The molecule has 1 fully saturated rings. The van der Waals surface area contributed by atoms with E-state index in [1.807, 2.05) is 18.2 Å². The van der Waals surface area contributed by atoms with Crippen LogP contribution in [0.1, 0.15) is 21.8 Å². The summed E-state index contributed by atoms with van der Waals surface area (Å²) in [4.78, 5) is 14.4. The van der Waals surface area contributed by atoms with Crippen LogP contribution in [0.15, 0.2) is 24.3 Å². The first-order valence-electron chi connectivity index (χ1n) is 9.58. The second-order valence-corrected chi connectivity index (χ2v) is 8.21. The van der Waals surface area contributed by atoms with Crippen molar-refractivity contribution >= 4 is 27.4 Å². The fraction of sp³-hybridized carbons (Fsp3) is 0.429. The number of hydrogen-bond acceptors (Lipinski definition) is 7. The van der Waals surface area contributed by atoms with E-state index in [4.69, 9.17) is 19.4 Å². The molecule has 0 bridgehead atoms. The minimum absolute atomic E-state index is 0.654. The van der Waals surface area contributed by atoms with Gasteiger partial charge in [0.15, 0.2) is 0 Å². The highest BCUT2D eigenvalue weighted by Gasteiger charge is 2.18. The van der Waals surface area contributed by atoms with E-state index in [0.29, 0.717) is 6.54 Å². The van der Waals surface area contributed by atoms with Crippen LogP contribution in [0.3, 0.4) is 0 Å². The zero-order valence-corrected chi connectivity index (χ0v) is 17.4. The Bertz CT molecular complexity index is 966. The molecule has 7 heteroatoms. The SMILES string of the molecule is COc1ccccc1CNc1nc(CN2CCOCC2)nc2sc(C)c(C)c12. The lowest BCUT2D eigenvalue weighted by Gasteiger charge is -2.25. The third-order valence-electron chi connectivity index (χ3n) is 5.18. The molecule has 28 heavy (non-hydrogen) atoms. The van der Waals surface area contributed by atoms with Gasteiger partial charge in [-0.25, -0.2) is 9.97 Å². The summed E-state index contributed by atoms with van der Waals surface area (Å²) in [5.41, 5.74) is 2.36. The molecular weight excluding hydrogens is 372 g/mol. The summed E-state index contributed by atoms with van der Waals surface area (Å²) in [5, 5.41) is 4.67. The van der Waals surface area contributed by atoms with Crippen LogP contribution in [-0.4, -0.2) is 48.3 Å². The summed E-state index contributed by atoms with van der Waals surface area (Å²) >= 11 is 1.74. The molecule has 0 atom stereocenters. The smallest absolute Gasteiger partial charge is 0.146 e. The molecule has 3 heterocycles. The van der Waals surface area contributed by atoms with Gasteiger partial charge in [0.05, 0.1) is 32.3 Å². The van der Waals surface area contributed by atoms with Crippen molar-refractivity contribution in [1.82, 2.24) is 14.9 Å². The van der Waals surface area contributed by atoms with E-state index in [9.17, 15) is 0 Å². The zero-order chi connectivity index (χ0) is 19.5. The maximum Gasteiger partial charge on any atom is 0.146 e. The van der Waals surface area contributed by atoms with E-state index >= 15 is 0 Å². The van der Waals surface area contributed by atoms with Crippen molar-refractivity contribution in [3.63, 3.8) is 0 Å². The maximum absolute atomic E-state index is 5.48. The maximum atomic E-state index is 5.48. The summed E-state index contributed by atoms with van der Waals surface area (Å²) in [5.74, 6) is 2.64. The third kappa shape index (κ3) is 3.97. The van der Waals surface area contributed by atoms with Gasteiger partial charge in [0.2, 0.25) is 0 Å². The zero-order valence-electron chi connectivity index (χ0n) is 16.6. The molecule has 1 aliphatic rings. The first-order valence-corrected chi connectivity index (χ1v) is 10.4. The van der Waals surface area contributed by atoms with E-state index < -0.39 is 0 Å². The van der Waals surface area contributed by atoms with E-state index in [2.05, 4.69) is 30.1 Å². The van der Waals surface area contributed by atoms with Crippen molar-refractivity contribution in [2.75, 3.05) is 38.7 Å². The lowest BCUT2D eigenvalue weighted by atomic mass is 10.2. The number of aromatic nitrogens is 2. The topological polar surface area (TPSA) is 59.5 Å². The highest BCUT2D eigenvalue weighted by molar-refractivity contribution is 7.18. The Morgan fingerprint density at radius 2 is 1.96 bits per heavy atom. The predicted octanol–water partition coefficient (Wildman–Crippen LogP) is 3.76. The van der Waals surface area contributed by atoms with E-state index in [0.717, 1.165) is 66.0 Å². The highest BCUT2D eigenvalue weighted by Crippen LogP contribution is 2.34. The summed E-state index contributed by atoms with van der Waals surface area (Å²) in [6.45, 7) is 9.10. The van der Waals surface area contributed by atoms with Gasteiger partial charge < -0.3 is 14.8 Å². The van der Waals surface area contributed by atoms with Crippen LogP contribution >= 0.6 is 11.3 Å². The van der Waals surface area contributed by atoms with Crippen molar-refractivity contribution in [3.05, 3.63) is 46.1 Å². The first kappa shape index (κ1) is 19.1. The number of aryl methyl sites for hydroxylation is 2. The molecular formula is C21H26N4O2S. The van der Waals surface area contributed by atoms with Crippen molar-refractivity contribution in [3.8, 4) is 5.75 Å². The Balaban J connectivity index is 1.64. The second-order valence-electron chi connectivity index (χ2n) is 7.01. The summed E-state index contributed by atoms with van der Waals surface area (Å²) in [7, 11) is 1.70. The Morgan fingerprint density at radius 1 is 1.18 bits per heavy atom. The van der Waals surface area contributed by atoms with Gasteiger partial charge in [-0.15, -0.1) is 11.3 Å². The summed E-state index contributed by atoms with van der Waals surface area (Å²) in [6, 6.07) is 8.07. The Hall–Kier alpha value is -2.22. The number of nitrogens with one attached hydrogen (secondary N) is 1. The van der Waals surface area contributed by atoms with Crippen LogP contribution in [0.4, 0.5) is 5.82 Å². The average molecular weight is 399 g/mol. The number of methoxy groups -OCH3 is 1. The predicted molar refractivity (Wildman–Crippen MR) is 113 cm³/mol. The number of rotatable bonds is 6. The quantitative estimate of drug-likeness (QED) is 0.682. The van der Waals surface area contributed by atoms with E-state index in [-0.39, 0.29) is 0 Å². The van der Waals surface area contributed by atoms with Crippen molar-refractivity contribution < 1.29 is 9.47 Å². The van der Waals surface area contributed by atoms with Gasteiger partial charge in [-0.05, 0) is 25.5 Å². The van der Waals surface area contributed by atoms with Gasteiger partial charge in [0, 0.05) is 30.1 Å². The van der Waals surface area contributed by atoms with Gasteiger partial charge >= 0.3 is 0 Å². The monoisotopic (exact) mass is 398 g/mol. The van der Waals surface area contributed by atoms with Crippen LogP contribution in [0.25, 0.3) is 10.2 Å². The number of anilines is 1. The van der Waals surface area contributed by atoms with Gasteiger partial charge in [0.25, 0.3) is 0 Å². The third-order valence-corrected chi connectivity index (χ3v) is 6.28. The Morgan fingerprint density at radius 3 is 2.75 bits per heavy atom. The normalized spacial score (nSPS) is 15.1. The van der Waals surface area contributed by atoms with Crippen LogP contribution in [0.2, 0.25) is 0 Å². The highest BCUT2D eigenvalue weighted by atomic mass is 32.1. The van der Waals surface area contributed by atoms with E-state index in [1.54, 1.807) is 18.4 Å². The molecule has 3 aromatic rings. The molecule has 0 spiro atoms. The second kappa shape index (κ2) is 8.43. The number of benzene rings is 1. The molecule has 0 unspecified atom stereocenters. The minimum Gasteiger partial charge on any atom is -0.496 e. The molecule has 0 aliphatic carbocycles. The number of morpholine rings is 1. The van der Waals surface area contributed by atoms with Gasteiger partial charge in [-0.1, -0.05) is 18.2 Å². The first-order chi connectivity index (χ1) is 13.7. The van der Waals surface area contributed by atoms with Gasteiger partial charge in [-0.2, -0.15) is 0 Å². The number of para-hydroxylation sites is 1. The van der Waals surface area contributed by atoms with Crippen molar-refractivity contribution in [2.24, 2.45) is 0 Å². The summed E-state index contributed by atoms with van der Waals surface area (Å²) < 4.78 is 10.9. The van der Waals surface area contributed by atoms with Gasteiger partial charge in [-0.3, -0.25) is 4.90 Å². The fourth-order valence-electron chi connectivity index (χ4n) is 3.48. The average Bonchev–Trinajstić information content (AvgIpc) is 3.01. The Labute approximate surface area is 169 Å². The standard InChI is InChI=1S/C21H26N4O2S/c1-14-15(2)28-21-19(14)20(22-12-16-6-4-5-7-17(16)26-3)23-18(24-21)13-25-8-10-27-11-9-25/h4-7H,8-13H2,1-3H3,(H,22,23,24). The molecule has 0 amide bonds. The molecule has 0 radical (unpaired) electrons. The molecule has 6 nitrogen and oxygen atoms in total. The number of ether oxygens (including phenoxy) is 2. The molecule has 0 saturated carbocycles. The van der Waals surface area contributed by atoms with Crippen LogP contribution < -0.4 is 10.1 Å². The van der Waals surface area contributed by atoms with Crippen molar-refractivity contribution in [2.45, 2.75) is 26.9 Å². The molecule has 1 N–H and O–H groups in total. The van der Waals surface area contributed by atoms with Crippen LogP contribution in [-0.2, 0) is 17.8 Å². The molecule has 148 valence electrons. The number of hydrogen-bond donors (Lipinski definition) is 1. The summed E-state index contributed by atoms with van der Waals surface area (Å²) in [6.07, 6.45) is 0. The number of nitrogens with zero attached hydrogens (tertiary/aromatic N) is 3. The van der Waals surface area contributed by atoms with Crippen LogP contribution in [0.5, 0.6) is 5.75 Å². The largest absolute Gasteiger partial charge is 0.496 e. The molecule has 1 saturated heterocycles. The number of fused-ring (bicyclic) bond motifs is 1. The van der Waals surface area contributed by atoms with Crippen LogP contribution in [0, 0.1) is 13.8 Å². The Kier molecular flexibility index (Phi) is 5.75. The molecule has 2 aromatic heterocycles. The minimum atomic E-state index is 0.654. The molecule has 1 aliphatic heterocycles. The number of thiophene rings is 1. The fourth-order valence-corrected chi connectivity index (χ4v) is 4.53. The van der Waals surface area contributed by atoms with E-state index in [1.165, 1.54) is 10.4 Å².